The van der Waals surface area contributed by atoms with Gasteiger partial charge in [-0.25, -0.2) is 4.98 Å². The number of fused-ring (bicyclic) bond motifs is 1. The molecule has 0 fully saturated rings. The van der Waals surface area contributed by atoms with Crippen LogP contribution in [0.5, 0.6) is 0 Å². The number of aromatic amines is 1. The largest absolute Gasteiger partial charge is 0.472 e. The molecule has 0 aliphatic carbocycles. The molecule has 5 heteroatoms. The zero-order chi connectivity index (χ0) is 15.1. The summed E-state index contributed by atoms with van der Waals surface area (Å²) in [6.07, 6.45) is 7.12. The number of furan rings is 1. The van der Waals surface area contributed by atoms with E-state index in [1.54, 1.807) is 18.6 Å². The molecular formula is C17H10Cl2N2O. The van der Waals surface area contributed by atoms with Crippen LogP contribution in [-0.2, 0) is 0 Å². The minimum atomic E-state index is 0.531. The summed E-state index contributed by atoms with van der Waals surface area (Å²) in [7, 11) is 0. The third kappa shape index (κ3) is 2.19. The SMILES string of the molecule is Clc1ccc(-c2cnc3[nH]cc(-c4ccoc4)c3c2)cc1Cl. The summed E-state index contributed by atoms with van der Waals surface area (Å²) in [4.78, 5) is 7.65. The topological polar surface area (TPSA) is 41.8 Å². The number of hydrogen-bond donors (Lipinski definition) is 1. The molecule has 0 amide bonds. The van der Waals surface area contributed by atoms with Crippen molar-refractivity contribution in [2.45, 2.75) is 0 Å². The number of halogens is 2. The zero-order valence-corrected chi connectivity index (χ0v) is 12.8. The van der Waals surface area contributed by atoms with Gasteiger partial charge in [-0.15, -0.1) is 0 Å². The number of aromatic nitrogens is 2. The van der Waals surface area contributed by atoms with Crippen molar-refractivity contribution in [2.75, 3.05) is 0 Å². The number of benzene rings is 1. The Balaban J connectivity index is 1.89. The summed E-state index contributed by atoms with van der Waals surface area (Å²) < 4.78 is 5.16. The Kier molecular flexibility index (Phi) is 3.17. The van der Waals surface area contributed by atoms with Crippen LogP contribution in [-0.4, -0.2) is 9.97 Å². The highest BCUT2D eigenvalue weighted by Gasteiger charge is 2.10. The van der Waals surface area contributed by atoms with E-state index >= 15 is 0 Å². The molecule has 0 spiro atoms. The predicted octanol–water partition coefficient (Wildman–Crippen LogP) is 5.80. The molecular weight excluding hydrogens is 319 g/mol. The molecule has 3 nitrogen and oxygen atoms in total. The van der Waals surface area contributed by atoms with E-state index in [9.17, 15) is 0 Å². The van der Waals surface area contributed by atoms with Crippen molar-refractivity contribution < 1.29 is 4.42 Å². The third-order valence-corrected chi connectivity index (χ3v) is 4.36. The Morgan fingerprint density at radius 3 is 2.64 bits per heavy atom. The maximum Gasteiger partial charge on any atom is 0.137 e. The van der Waals surface area contributed by atoms with E-state index in [4.69, 9.17) is 27.6 Å². The summed E-state index contributed by atoms with van der Waals surface area (Å²) in [5, 5.41) is 2.11. The highest BCUT2D eigenvalue weighted by molar-refractivity contribution is 6.42. The average Bonchev–Trinajstić information content (AvgIpc) is 3.17. The molecule has 0 saturated heterocycles. The first-order chi connectivity index (χ1) is 10.7. The first kappa shape index (κ1) is 13.4. The molecule has 3 heterocycles. The number of H-pyrrole nitrogens is 1. The standard InChI is InChI=1S/C17H10Cl2N2O/c18-15-2-1-10(6-16(15)19)12-5-13-14(11-3-4-22-9-11)8-21-17(13)20-7-12/h1-9H,(H,20,21). The van der Waals surface area contributed by atoms with Crippen molar-refractivity contribution in [3.05, 3.63) is 65.3 Å². The summed E-state index contributed by atoms with van der Waals surface area (Å²) in [6.45, 7) is 0. The molecule has 0 unspecified atom stereocenters. The Bertz CT molecular complexity index is 958. The Morgan fingerprint density at radius 1 is 0.955 bits per heavy atom. The molecule has 0 aliphatic rings. The Labute approximate surface area is 136 Å². The molecule has 4 aromatic rings. The van der Waals surface area contributed by atoms with Crippen LogP contribution < -0.4 is 0 Å². The maximum atomic E-state index is 6.10. The first-order valence-electron chi connectivity index (χ1n) is 6.67. The van der Waals surface area contributed by atoms with Crippen molar-refractivity contribution >= 4 is 34.2 Å². The van der Waals surface area contributed by atoms with Crippen molar-refractivity contribution in [2.24, 2.45) is 0 Å². The van der Waals surface area contributed by atoms with Crippen LogP contribution in [0.4, 0.5) is 0 Å². The molecule has 108 valence electrons. The van der Waals surface area contributed by atoms with Crippen LogP contribution in [0.2, 0.25) is 10.0 Å². The van der Waals surface area contributed by atoms with E-state index in [-0.39, 0.29) is 0 Å². The second kappa shape index (κ2) is 5.20. The van der Waals surface area contributed by atoms with Gasteiger partial charge in [-0.3, -0.25) is 0 Å². The Morgan fingerprint density at radius 2 is 1.86 bits per heavy atom. The second-order valence-electron chi connectivity index (χ2n) is 4.96. The van der Waals surface area contributed by atoms with Crippen molar-refractivity contribution in [1.29, 1.82) is 0 Å². The molecule has 1 N–H and O–H groups in total. The fourth-order valence-electron chi connectivity index (χ4n) is 2.49. The van der Waals surface area contributed by atoms with Crippen molar-refractivity contribution in [3.8, 4) is 22.3 Å². The fraction of sp³-hybridized carbons (Fsp3) is 0. The summed E-state index contributed by atoms with van der Waals surface area (Å²) in [6, 6.07) is 9.57. The van der Waals surface area contributed by atoms with E-state index in [1.165, 1.54) is 0 Å². The van der Waals surface area contributed by atoms with Gasteiger partial charge in [-0.05, 0) is 29.8 Å². The molecule has 0 atom stereocenters. The number of pyridine rings is 1. The van der Waals surface area contributed by atoms with Gasteiger partial charge in [0.05, 0.1) is 22.6 Å². The highest BCUT2D eigenvalue weighted by Crippen LogP contribution is 2.33. The van der Waals surface area contributed by atoms with Crippen LogP contribution in [0.3, 0.4) is 0 Å². The normalized spacial score (nSPS) is 11.2. The van der Waals surface area contributed by atoms with Crippen LogP contribution in [0.1, 0.15) is 0 Å². The van der Waals surface area contributed by atoms with Crippen molar-refractivity contribution in [1.82, 2.24) is 9.97 Å². The molecule has 4 rings (SSSR count). The molecule has 0 radical (unpaired) electrons. The van der Waals surface area contributed by atoms with E-state index in [1.807, 2.05) is 30.6 Å². The number of rotatable bonds is 2. The lowest BCUT2D eigenvalue weighted by atomic mass is 10.0. The van der Waals surface area contributed by atoms with E-state index in [2.05, 4.69) is 16.0 Å². The lowest BCUT2D eigenvalue weighted by Gasteiger charge is -2.04. The lowest BCUT2D eigenvalue weighted by molar-refractivity contribution is 0.568. The quantitative estimate of drug-likeness (QED) is 0.505. The number of nitrogens with one attached hydrogen (secondary N) is 1. The fourth-order valence-corrected chi connectivity index (χ4v) is 2.79. The maximum absolute atomic E-state index is 6.10. The van der Waals surface area contributed by atoms with Gasteiger partial charge in [-0.2, -0.15) is 0 Å². The third-order valence-electron chi connectivity index (χ3n) is 3.62. The van der Waals surface area contributed by atoms with E-state index in [0.717, 1.165) is 33.3 Å². The van der Waals surface area contributed by atoms with Crippen LogP contribution >= 0.6 is 23.2 Å². The van der Waals surface area contributed by atoms with Gasteiger partial charge in [0.15, 0.2) is 0 Å². The van der Waals surface area contributed by atoms with E-state index in [0.29, 0.717) is 10.0 Å². The molecule has 3 aromatic heterocycles. The molecule has 0 aliphatic heterocycles. The molecule has 1 aromatic carbocycles. The molecule has 22 heavy (non-hydrogen) atoms. The predicted molar refractivity (Wildman–Crippen MR) is 89.3 cm³/mol. The smallest absolute Gasteiger partial charge is 0.137 e. The molecule has 0 bridgehead atoms. The minimum absolute atomic E-state index is 0.531. The Hall–Kier alpha value is -2.23. The van der Waals surface area contributed by atoms with Gasteiger partial charge < -0.3 is 9.40 Å². The minimum Gasteiger partial charge on any atom is -0.472 e. The second-order valence-corrected chi connectivity index (χ2v) is 5.78. The first-order valence-corrected chi connectivity index (χ1v) is 7.43. The van der Waals surface area contributed by atoms with Gasteiger partial charge in [0, 0.05) is 34.5 Å². The van der Waals surface area contributed by atoms with E-state index < -0.39 is 0 Å². The van der Waals surface area contributed by atoms with Gasteiger partial charge in [0.25, 0.3) is 0 Å². The van der Waals surface area contributed by atoms with Crippen LogP contribution in [0.25, 0.3) is 33.3 Å². The summed E-state index contributed by atoms with van der Waals surface area (Å²) in [5.74, 6) is 0. The van der Waals surface area contributed by atoms with Gasteiger partial charge in [0.2, 0.25) is 0 Å². The number of nitrogens with zero attached hydrogens (tertiary/aromatic N) is 1. The van der Waals surface area contributed by atoms with Crippen LogP contribution in [0.15, 0.2) is 59.7 Å². The summed E-state index contributed by atoms with van der Waals surface area (Å²) >= 11 is 12.1. The number of hydrogen-bond acceptors (Lipinski definition) is 2. The average molecular weight is 329 g/mol. The van der Waals surface area contributed by atoms with Gasteiger partial charge >= 0.3 is 0 Å². The highest BCUT2D eigenvalue weighted by atomic mass is 35.5. The van der Waals surface area contributed by atoms with Gasteiger partial charge in [-0.1, -0.05) is 29.3 Å². The van der Waals surface area contributed by atoms with Crippen LogP contribution in [0, 0.1) is 0 Å². The van der Waals surface area contributed by atoms with Gasteiger partial charge in [0.1, 0.15) is 5.65 Å². The summed E-state index contributed by atoms with van der Waals surface area (Å²) in [5.41, 5.74) is 4.86. The molecule has 0 saturated carbocycles. The monoisotopic (exact) mass is 328 g/mol. The zero-order valence-electron chi connectivity index (χ0n) is 11.3. The van der Waals surface area contributed by atoms with Crippen molar-refractivity contribution in [3.63, 3.8) is 0 Å². The lowest BCUT2D eigenvalue weighted by Crippen LogP contribution is -1.83.